The number of carbonyl (C=O) groups is 1. The standard InChI is InChI=1S/C10H16O/c1-8-4-5-9-3-2-6-10(8,9)7-11/h7-9H,2-6H2,1H3. The van der Waals surface area contributed by atoms with Gasteiger partial charge in [-0.25, -0.2) is 0 Å². The molecule has 1 nitrogen and oxygen atoms in total. The number of rotatable bonds is 1. The predicted molar refractivity (Wildman–Crippen MR) is 44.2 cm³/mol. The molecule has 3 atom stereocenters. The van der Waals surface area contributed by atoms with Gasteiger partial charge < -0.3 is 4.79 Å². The highest BCUT2D eigenvalue weighted by Gasteiger charge is 2.50. The molecule has 2 fully saturated rings. The Hall–Kier alpha value is -0.330. The summed E-state index contributed by atoms with van der Waals surface area (Å²) in [5, 5.41) is 0. The van der Waals surface area contributed by atoms with Gasteiger partial charge in [-0.15, -0.1) is 0 Å². The Morgan fingerprint density at radius 3 is 2.82 bits per heavy atom. The van der Waals surface area contributed by atoms with Gasteiger partial charge in [-0.2, -0.15) is 0 Å². The monoisotopic (exact) mass is 152 g/mol. The van der Waals surface area contributed by atoms with Gasteiger partial charge in [0, 0.05) is 5.41 Å². The lowest BCUT2D eigenvalue weighted by atomic mass is 9.76. The summed E-state index contributed by atoms with van der Waals surface area (Å²) >= 11 is 0. The Labute approximate surface area is 68.2 Å². The summed E-state index contributed by atoms with van der Waals surface area (Å²) in [7, 11) is 0. The first-order valence-electron chi connectivity index (χ1n) is 4.76. The van der Waals surface area contributed by atoms with Crippen molar-refractivity contribution in [2.45, 2.75) is 39.0 Å². The van der Waals surface area contributed by atoms with Crippen LogP contribution in [0.3, 0.4) is 0 Å². The van der Waals surface area contributed by atoms with Crippen LogP contribution in [-0.2, 0) is 4.79 Å². The molecule has 2 rings (SSSR count). The summed E-state index contributed by atoms with van der Waals surface area (Å²) in [6.45, 7) is 2.25. The van der Waals surface area contributed by atoms with Gasteiger partial charge in [0.2, 0.25) is 0 Å². The van der Waals surface area contributed by atoms with Gasteiger partial charge in [0.1, 0.15) is 6.29 Å². The average molecular weight is 152 g/mol. The molecule has 3 unspecified atom stereocenters. The molecule has 0 heterocycles. The fraction of sp³-hybridized carbons (Fsp3) is 0.900. The van der Waals surface area contributed by atoms with Crippen molar-refractivity contribution >= 4 is 6.29 Å². The van der Waals surface area contributed by atoms with Crippen LogP contribution in [0.15, 0.2) is 0 Å². The highest BCUT2D eigenvalue weighted by Crippen LogP contribution is 2.55. The molecule has 0 aromatic carbocycles. The first kappa shape index (κ1) is 7.33. The van der Waals surface area contributed by atoms with Crippen molar-refractivity contribution in [3.05, 3.63) is 0 Å². The van der Waals surface area contributed by atoms with E-state index in [0.717, 1.165) is 5.92 Å². The molecule has 1 heteroatoms. The van der Waals surface area contributed by atoms with E-state index in [1.54, 1.807) is 0 Å². The fourth-order valence-corrected chi connectivity index (χ4v) is 3.18. The second-order valence-electron chi connectivity index (χ2n) is 4.30. The summed E-state index contributed by atoms with van der Waals surface area (Å²) in [5.74, 6) is 1.41. The van der Waals surface area contributed by atoms with Crippen molar-refractivity contribution in [3.8, 4) is 0 Å². The number of hydrogen-bond acceptors (Lipinski definition) is 1. The van der Waals surface area contributed by atoms with Gasteiger partial charge >= 0.3 is 0 Å². The van der Waals surface area contributed by atoms with Gasteiger partial charge in [-0.1, -0.05) is 13.3 Å². The van der Waals surface area contributed by atoms with E-state index in [2.05, 4.69) is 6.92 Å². The summed E-state index contributed by atoms with van der Waals surface area (Å²) in [4.78, 5) is 11.0. The van der Waals surface area contributed by atoms with E-state index < -0.39 is 0 Å². The van der Waals surface area contributed by atoms with Crippen LogP contribution >= 0.6 is 0 Å². The highest BCUT2D eigenvalue weighted by molar-refractivity contribution is 5.62. The zero-order valence-electron chi connectivity index (χ0n) is 7.18. The van der Waals surface area contributed by atoms with Crippen LogP contribution in [0.1, 0.15) is 39.0 Å². The SMILES string of the molecule is CC1CCC2CCCC12C=O. The Bertz CT molecular complexity index is 176. The van der Waals surface area contributed by atoms with E-state index in [4.69, 9.17) is 0 Å². The Balaban J connectivity index is 2.29. The summed E-state index contributed by atoms with van der Waals surface area (Å²) < 4.78 is 0. The normalized spacial score (nSPS) is 49.2. The minimum atomic E-state index is 0.125. The zero-order valence-corrected chi connectivity index (χ0v) is 7.18. The van der Waals surface area contributed by atoms with Crippen LogP contribution in [0.25, 0.3) is 0 Å². The van der Waals surface area contributed by atoms with E-state index in [9.17, 15) is 4.79 Å². The number of hydrogen-bond donors (Lipinski definition) is 0. The van der Waals surface area contributed by atoms with E-state index >= 15 is 0 Å². The highest BCUT2D eigenvalue weighted by atomic mass is 16.1. The molecule has 0 amide bonds. The van der Waals surface area contributed by atoms with Crippen LogP contribution in [0.2, 0.25) is 0 Å². The largest absolute Gasteiger partial charge is 0.303 e. The van der Waals surface area contributed by atoms with Crippen molar-refractivity contribution in [1.29, 1.82) is 0 Å². The molecular formula is C10H16O. The minimum Gasteiger partial charge on any atom is -0.303 e. The Morgan fingerprint density at radius 1 is 1.36 bits per heavy atom. The predicted octanol–water partition coefficient (Wildman–Crippen LogP) is 2.40. The van der Waals surface area contributed by atoms with Crippen LogP contribution in [0, 0.1) is 17.3 Å². The number of aldehydes is 1. The molecule has 2 saturated carbocycles. The first-order chi connectivity index (χ1) is 5.29. The van der Waals surface area contributed by atoms with Gasteiger partial charge in [0.25, 0.3) is 0 Å². The summed E-state index contributed by atoms with van der Waals surface area (Å²) in [5.41, 5.74) is 0.125. The van der Waals surface area contributed by atoms with Gasteiger partial charge in [-0.05, 0) is 37.5 Å². The molecule has 0 aromatic heterocycles. The third-order valence-corrected chi connectivity index (χ3v) is 4.01. The van der Waals surface area contributed by atoms with Gasteiger partial charge in [0.15, 0.2) is 0 Å². The molecular weight excluding hydrogens is 136 g/mol. The maximum Gasteiger partial charge on any atom is 0.126 e. The third kappa shape index (κ3) is 0.800. The number of fused-ring (bicyclic) bond motifs is 1. The summed E-state index contributed by atoms with van der Waals surface area (Å²) in [6.07, 6.45) is 7.62. The Kier molecular flexibility index (Phi) is 1.55. The fourth-order valence-electron chi connectivity index (χ4n) is 3.18. The van der Waals surface area contributed by atoms with Crippen LogP contribution < -0.4 is 0 Å². The van der Waals surface area contributed by atoms with Crippen molar-refractivity contribution in [1.82, 2.24) is 0 Å². The lowest BCUT2D eigenvalue weighted by molar-refractivity contribution is -0.119. The van der Waals surface area contributed by atoms with E-state index in [-0.39, 0.29) is 5.41 Å². The molecule has 2 aliphatic rings. The molecule has 0 N–H and O–H groups in total. The van der Waals surface area contributed by atoms with Crippen LogP contribution in [0.4, 0.5) is 0 Å². The van der Waals surface area contributed by atoms with Crippen molar-refractivity contribution < 1.29 is 4.79 Å². The lowest BCUT2D eigenvalue weighted by Gasteiger charge is -2.26. The maximum absolute atomic E-state index is 11.0. The average Bonchev–Trinajstić information content (AvgIpc) is 2.53. The summed E-state index contributed by atoms with van der Waals surface area (Å²) in [6, 6.07) is 0. The quantitative estimate of drug-likeness (QED) is 0.527. The van der Waals surface area contributed by atoms with E-state index in [0.29, 0.717) is 5.92 Å². The second kappa shape index (κ2) is 2.33. The molecule has 0 saturated heterocycles. The second-order valence-corrected chi connectivity index (χ2v) is 4.30. The van der Waals surface area contributed by atoms with Crippen LogP contribution in [0.5, 0.6) is 0 Å². The molecule has 0 bridgehead atoms. The zero-order chi connectivity index (χ0) is 7.90. The van der Waals surface area contributed by atoms with Crippen LogP contribution in [-0.4, -0.2) is 6.29 Å². The molecule has 2 aliphatic carbocycles. The minimum absolute atomic E-state index is 0.125. The smallest absolute Gasteiger partial charge is 0.126 e. The van der Waals surface area contributed by atoms with E-state index in [1.165, 1.54) is 38.4 Å². The molecule has 0 aromatic rings. The van der Waals surface area contributed by atoms with Crippen molar-refractivity contribution in [2.24, 2.45) is 17.3 Å². The molecule has 0 spiro atoms. The molecule has 0 radical (unpaired) electrons. The maximum atomic E-state index is 11.0. The van der Waals surface area contributed by atoms with Crippen molar-refractivity contribution in [2.75, 3.05) is 0 Å². The van der Waals surface area contributed by atoms with Gasteiger partial charge in [-0.3, -0.25) is 0 Å². The molecule has 11 heavy (non-hydrogen) atoms. The van der Waals surface area contributed by atoms with Gasteiger partial charge in [0.05, 0.1) is 0 Å². The van der Waals surface area contributed by atoms with E-state index in [1.807, 2.05) is 0 Å². The Morgan fingerprint density at radius 2 is 2.18 bits per heavy atom. The lowest BCUT2D eigenvalue weighted by Crippen LogP contribution is -2.27. The third-order valence-electron chi connectivity index (χ3n) is 4.01. The van der Waals surface area contributed by atoms with Crippen molar-refractivity contribution in [3.63, 3.8) is 0 Å². The first-order valence-corrected chi connectivity index (χ1v) is 4.76. The molecule has 62 valence electrons. The number of carbonyl (C=O) groups excluding carboxylic acids is 1. The molecule has 0 aliphatic heterocycles. The topological polar surface area (TPSA) is 17.1 Å².